The monoisotopic (exact) mass is 448 g/mol. The number of carbonyl (C=O) groups is 1. The molecule has 3 heterocycles. The maximum atomic E-state index is 12.8. The van der Waals surface area contributed by atoms with Crippen LogP contribution < -0.4 is 16.0 Å². The Morgan fingerprint density at radius 3 is 2.67 bits per heavy atom. The average Bonchev–Trinajstić information content (AvgIpc) is 3.50. The molecule has 1 unspecified atom stereocenters. The molecule has 0 bridgehead atoms. The number of fused-ring (bicyclic) bond motifs is 1. The molecule has 2 aromatic heterocycles. The van der Waals surface area contributed by atoms with E-state index in [9.17, 15) is 9.59 Å². The predicted molar refractivity (Wildman–Crippen MR) is 126 cm³/mol. The van der Waals surface area contributed by atoms with Crippen molar-refractivity contribution in [3.8, 4) is 17.0 Å². The summed E-state index contributed by atoms with van der Waals surface area (Å²) in [4.78, 5) is 26.7. The third kappa shape index (κ3) is 3.99. The van der Waals surface area contributed by atoms with E-state index in [4.69, 9.17) is 15.6 Å². The Labute approximate surface area is 191 Å². The number of ether oxygens (including phenoxy) is 1. The first-order valence-electron chi connectivity index (χ1n) is 11.5. The van der Waals surface area contributed by atoms with Crippen LogP contribution in [0.15, 0.2) is 41.7 Å². The maximum absolute atomic E-state index is 12.8. The van der Waals surface area contributed by atoms with Gasteiger partial charge in [-0.15, -0.1) is 0 Å². The molecule has 1 amide bonds. The highest BCUT2D eigenvalue weighted by Crippen LogP contribution is 2.34. The SMILES string of the molecule is C=CC(=O)N1CCCC(n2nc(-c3ccc(OC4CCCC4)cc3)c3c(N)n[nH]c(=O)c32)C1. The normalized spacial score (nSPS) is 19.2. The van der Waals surface area contributed by atoms with Crippen molar-refractivity contribution in [1.82, 2.24) is 24.9 Å². The summed E-state index contributed by atoms with van der Waals surface area (Å²) in [5, 5.41) is 11.8. The van der Waals surface area contributed by atoms with Gasteiger partial charge in [0.05, 0.1) is 17.5 Å². The van der Waals surface area contributed by atoms with Crippen molar-refractivity contribution in [1.29, 1.82) is 0 Å². The number of nitrogens with one attached hydrogen (secondary N) is 1. The number of likely N-dealkylation sites (tertiary alicyclic amines) is 1. The Morgan fingerprint density at radius 2 is 1.94 bits per heavy atom. The molecule has 172 valence electrons. The number of hydrogen-bond donors (Lipinski definition) is 2. The third-order valence-electron chi connectivity index (χ3n) is 6.62. The van der Waals surface area contributed by atoms with E-state index in [0.29, 0.717) is 29.7 Å². The van der Waals surface area contributed by atoms with Gasteiger partial charge in [0.25, 0.3) is 5.56 Å². The number of aromatic nitrogens is 4. The van der Waals surface area contributed by atoms with E-state index in [2.05, 4.69) is 16.8 Å². The molecule has 3 N–H and O–H groups in total. The lowest BCUT2D eigenvalue weighted by Crippen LogP contribution is -2.40. The number of rotatable bonds is 5. The van der Waals surface area contributed by atoms with Gasteiger partial charge in [-0.25, -0.2) is 5.10 Å². The lowest BCUT2D eigenvalue weighted by atomic mass is 10.1. The van der Waals surface area contributed by atoms with E-state index in [-0.39, 0.29) is 29.4 Å². The van der Waals surface area contributed by atoms with Gasteiger partial charge in [-0.2, -0.15) is 10.2 Å². The van der Waals surface area contributed by atoms with Crippen molar-refractivity contribution in [2.75, 3.05) is 18.8 Å². The van der Waals surface area contributed by atoms with Gasteiger partial charge < -0.3 is 15.4 Å². The number of H-pyrrole nitrogens is 1. The van der Waals surface area contributed by atoms with Gasteiger partial charge in [0.1, 0.15) is 17.0 Å². The van der Waals surface area contributed by atoms with Crippen molar-refractivity contribution in [2.24, 2.45) is 0 Å². The number of hydrogen-bond acceptors (Lipinski definition) is 6. The fourth-order valence-electron chi connectivity index (χ4n) is 4.95. The van der Waals surface area contributed by atoms with Gasteiger partial charge in [0, 0.05) is 18.7 Å². The lowest BCUT2D eigenvalue weighted by molar-refractivity contribution is -0.127. The Bertz CT molecular complexity index is 1240. The number of amides is 1. The molecule has 1 aromatic carbocycles. The number of nitrogens with zero attached hydrogens (tertiary/aromatic N) is 4. The summed E-state index contributed by atoms with van der Waals surface area (Å²) in [6.45, 7) is 4.71. The Morgan fingerprint density at radius 1 is 1.18 bits per heavy atom. The second-order valence-electron chi connectivity index (χ2n) is 8.79. The van der Waals surface area contributed by atoms with Crippen LogP contribution in [0.5, 0.6) is 5.75 Å². The van der Waals surface area contributed by atoms with E-state index < -0.39 is 0 Å². The number of nitrogens with two attached hydrogens (primary N) is 1. The molecule has 1 aliphatic heterocycles. The zero-order chi connectivity index (χ0) is 22.9. The molecule has 1 aliphatic carbocycles. The summed E-state index contributed by atoms with van der Waals surface area (Å²) < 4.78 is 7.79. The molecular formula is C24H28N6O3. The van der Waals surface area contributed by atoms with Gasteiger partial charge in [-0.3, -0.25) is 14.3 Å². The van der Waals surface area contributed by atoms with Crippen LogP contribution >= 0.6 is 0 Å². The quantitative estimate of drug-likeness (QED) is 0.579. The van der Waals surface area contributed by atoms with Crippen LogP contribution in [-0.4, -0.2) is 50.0 Å². The summed E-state index contributed by atoms with van der Waals surface area (Å²) in [7, 11) is 0. The van der Waals surface area contributed by atoms with Gasteiger partial charge in [-0.05, 0) is 68.9 Å². The third-order valence-corrected chi connectivity index (χ3v) is 6.62. The van der Waals surface area contributed by atoms with E-state index in [1.807, 2.05) is 24.3 Å². The molecule has 0 radical (unpaired) electrons. The minimum atomic E-state index is -0.355. The van der Waals surface area contributed by atoms with E-state index in [1.54, 1.807) is 9.58 Å². The lowest BCUT2D eigenvalue weighted by Gasteiger charge is -2.32. The highest BCUT2D eigenvalue weighted by Gasteiger charge is 2.28. The fourth-order valence-corrected chi connectivity index (χ4v) is 4.95. The Hall–Kier alpha value is -3.62. The van der Waals surface area contributed by atoms with E-state index in [0.717, 1.165) is 37.0 Å². The molecule has 3 aromatic rings. The van der Waals surface area contributed by atoms with Gasteiger partial charge in [0.15, 0.2) is 5.82 Å². The molecule has 1 saturated heterocycles. The second-order valence-corrected chi connectivity index (χ2v) is 8.79. The van der Waals surface area contributed by atoms with Gasteiger partial charge in [0.2, 0.25) is 5.91 Å². The van der Waals surface area contributed by atoms with Crippen molar-refractivity contribution >= 4 is 22.6 Å². The Kier molecular flexibility index (Phi) is 5.62. The largest absolute Gasteiger partial charge is 0.490 e. The number of benzene rings is 1. The summed E-state index contributed by atoms with van der Waals surface area (Å²) in [6, 6.07) is 7.59. The molecule has 1 saturated carbocycles. The van der Waals surface area contributed by atoms with E-state index >= 15 is 0 Å². The van der Waals surface area contributed by atoms with Gasteiger partial charge in [-0.1, -0.05) is 6.58 Å². The summed E-state index contributed by atoms with van der Waals surface area (Å²) in [5.41, 5.74) is 7.65. The van der Waals surface area contributed by atoms with Gasteiger partial charge >= 0.3 is 0 Å². The summed E-state index contributed by atoms with van der Waals surface area (Å²) >= 11 is 0. The Balaban J connectivity index is 1.53. The highest BCUT2D eigenvalue weighted by molar-refractivity contribution is 5.99. The minimum Gasteiger partial charge on any atom is -0.490 e. The average molecular weight is 449 g/mol. The summed E-state index contributed by atoms with van der Waals surface area (Å²) in [5.74, 6) is 0.917. The van der Waals surface area contributed by atoms with Crippen molar-refractivity contribution in [3.63, 3.8) is 0 Å². The van der Waals surface area contributed by atoms with Crippen LogP contribution in [0.1, 0.15) is 44.6 Å². The van der Waals surface area contributed by atoms with Crippen LogP contribution in [0, 0.1) is 0 Å². The van der Waals surface area contributed by atoms with E-state index in [1.165, 1.54) is 18.9 Å². The standard InChI is InChI=1S/C24H28N6O3/c1-2-19(31)29-13-5-6-16(14-29)30-22-20(23(25)26-27-24(22)32)21(28-30)15-9-11-18(12-10-15)33-17-7-3-4-8-17/h2,9-12,16-17H,1,3-8,13-14H2,(H2,25,26)(H,27,32). The van der Waals surface area contributed by atoms with Crippen LogP contribution in [0.3, 0.4) is 0 Å². The van der Waals surface area contributed by atoms with Crippen molar-refractivity contribution < 1.29 is 9.53 Å². The topological polar surface area (TPSA) is 119 Å². The van der Waals surface area contributed by atoms with Crippen molar-refractivity contribution in [3.05, 3.63) is 47.3 Å². The molecule has 9 heteroatoms. The molecule has 2 aliphatic rings. The zero-order valence-electron chi connectivity index (χ0n) is 18.5. The zero-order valence-corrected chi connectivity index (χ0v) is 18.5. The van der Waals surface area contributed by atoms with Crippen LogP contribution in [0.2, 0.25) is 0 Å². The predicted octanol–water partition coefficient (Wildman–Crippen LogP) is 3.04. The summed E-state index contributed by atoms with van der Waals surface area (Å²) in [6.07, 6.45) is 7.82. The van der Waals surface area contributed by atoms with Crippen LogP contribution in [0.25, 0.3) is 22.2 Å². The number of nitrogen functional groups attached to an aromatic ring is 1. The molecule has 9 nitrogen and oxygen atoms in total. The number of piperidine rings is 1. The highest BCUT2D eigenvalue weighted by atomic mass is 16.5. The maximum Gasteiger partial charge on any atom is 0.290 e. The smallest absolute Gasteiger partial charge is 0.290 e. The first kappa shape index (κ1) is 21.2. The van der Waals surface area contributed by atoms with Crippen molar-refractivity contribution in [2.45, 2.75) is 50.7 Å². The molecule has 33 heavy (non-hydrogen) atoms. The first-order valence-corrected chi connectivity index (χ1v) is 11.5. The molecule has 1 atom stereocenters. The van der Waals surface area contributed by atoms with Crippen LogP contribution in [0.4, 0.5) is 5.82 Å². The second kappa shape index (κ2) is 8.73. The first-order chi connectivity index (χ1) is 16.0. The number of carbonyl (C=O) groups excluding carboxylic acids is 1. The molecule has 5 rings (SSSR count). The molecule has 2 fully saturated rings. The molecular weight excluding hydrogens is 420 g/mol. The number of anilines is 1. The minimum absolute atomic E-state index is 0.121. The fraction of sp³-hybridized carbons (Fsp3) is 0.417. The van der Waals surface area contributed by atoms with Crippen LogP contribution in [-0.2, 0) is 4.79 Å². The number of aromatic amines is 1. The molecule has 0 spiro atoms.